The molecule has 1 saturated heterocycles. The van der Waals surface area contributed by atoms with Gasteiger partial charge < -0.3 is 15.4 Å². The van der Waals surface area contributed by atoms with Crippen molar-refractivity contribution in [3.63, 3.8) is 0 Å². The molecule has 1 aromatic rings. The maximum atomic E-state index is 11.2. The SMILES string of the molecule is COc1cccc(N2CC(C)C(N)C2)c1[N+](=O)[O-]. The van der Waals surface area contributed by atoms with E-state index in [2.05, 4.69) is 6.92 Å². The summed E-state index contributed by atoms with van der Waals surface area (Å²) < 4.78 is 5.06. The Bertz CT molecular complexity index is 454. The molecule has 1 heterocycles. The van der Waals surface area contributed by atoms with Crippen molar-refractivity contribution < 1.29 is 9.66 Å². The highest BCUT2D eigenvalue weighted by atomic mass is 16.6. The number of methoxy groups -OCH3 is 1. The van der Waals surface area contributed by atoms with Crippen molar-refractivity contribution in [2.75, 3.05) is 25.1 Å². The minimum Gasteiger partial charge on any atom is -0.490 e. The zero-order valence-corrected chi connectivity index (χ0v) is 10.5. The second kappa shape index (κ2) is 4.81. The van der Waals surface area contributed by atoms with Crippen molar-refractivity contribution in [1.29, 1.82) is 0 Å². The van der Waals surface area contributed by atoms with Crippen LogP contribution >= 0.6 is 0 Å². The summed E-state index contributed by atoms with van der Waals surface area (Å²) in [5.41, 5.74) is 6.56. The maximum absolute atomic E-state index is 11.2. The first kappa shape index (κ1) is 12.6. The molecular weight excluding hydrogens is 234 g/mol. The van der Waals surface area contributed by atoms with Crippen molar-refractivity contribution in [1.82, 2.24) is 0 Å². The molecule has 2 unspecified atom stereocenters. The van der Waals surface area contributed by atoms with Gasteiger partial charge in [0.15, 0.2) is 5.75 Å². The fraction of sp³-hybridized carbons (Fsp3) is 0.500. The molecule has 0 aromatic heterocycles. The van der Waals surface area contributed by atoms with Gasteiger partial charge in [-0.15, -0.1) is 0 Å². The third-order valence-electron chi connectivity index (χ3n) is 3.39. The standard InChI is InChI=1S/C12H17N3O3/c1-8-6-14(7-9(8)13)10-4-3-5-11(18-2)12(10)15(16)17/h3-5,8-9H,6-7,13H2,1-2H3. The molecule has 1 fully saturated rings. The molecule has 2 atom stereocenters. The van der Waals surface area contributed by atoms with Crippen molar-refractivity contribution in [3.05, 3.63) is 28.3 Å². The summed E-state index contributed by atoms with van der Waals surface area (Å²) in [4.78, 5) is 12.7. The second-order valence-corrected chi connectivity index (χ2v) is 4.63. The normalized spacial score (nSPS) is 23.2. The first-order chi connectivity index (χ1) is 8.54. The fourth-order valence-corrected chi connectivity index (χ4v) is 2.30. The van der Waals surface area contributed by atoms with E-state index in [0.29, 0.717) is 18.2 Å². The van der Waals surface area contributed by atoms with E-state index in [-0.39, 0.29) is 17.5 Å². The van der Waals surface area contributed by atoms with E-state index in [4.69, 9.17) is 10.5 Å². The summed E-state index contributed by atoms with van der Waals surface area (Å²) in [6, 6.07) is 5.15. The number of para-hydroxylation sites is 1. The van der Waals surface area contributed by atoms with E-state index in [1.165, 1.54) is 7.11 Å². The molecule has 0 saturated carbocycles. The van der Waals surface area contributed by atoms with Gasteiger partial charge in [0.05, 0.1) is 12.0 Å². The van der Waals surface area contributed by atoms with Gasteiger partial charge in [0.2, 0.25) is 0 Å². The van der Waals surface area contributed by atoms with Gasteiger partial charge in [-0.3, -0.25) is 10.1 Å². The summed E-state index contributed by atoms with van der Waals surface area (Å²) >= 11 is 0. The highest BCUT2D eigenvalue weighted by molar-refractivity contribution is 5.70. The molecule has 0 amide bonds. The van der Waals surface area contributed by atoms with Gasteiger partial charge in [-0.1, -0.05) is 13.0 Å². The van der Waals surface area contributed by atoms with Gasteiger partial charge in [0.25, 0.3) is 0 Å². The van der Waals surface area contributed by atoms with Crippen molar-refractivity contribution >= 4 is 11.4 Å². The molecule has 6 heteroatoms. The maximum Gasteiger partial charge on any atom is 0.333 e. The lowest BCUT2D eigenvalue weighted by atomic mass is 10.1. The Kier molecular flexibility index (Phi) is 3.38. The Morgan fingerprint density at radius 3 is 2.72 bits per heavy atom. The molecule has 1 aliphatic rings. The predicted molar refractivity (Wildman–Crippen MR) is 69.0 cm³/mol. The number of hydrogen-bond acceptors (Lipinski definition) is 5. The third-order valence-corrected chi connectivity index (χ3v) is 3.39. The summed E-state index contributed by atoms with van der Waals surface area (Å²) in [6.45, 7) is 3.42. The zero-order valence-electron chi connectivity index (χ0n) is 10.5. The highest BCUT2D eigenvalue weighted by Gasteiger charge is 2.32. The smallest absolute Gasteiger partial charge is 0.333 e. The molecule has 18 heavy (non-hydrogen) atoms. The number of hydrogen-bond donors (Lipinski definition) is 1. The van der Waals surface area contributed by atoms with Crippen LogP contribution in [-0.4, -0.2) is 31.2 Å². The van der Waals surface area contributed by atoms with Crippen molar-refractivity contribution in [2.24, 2.45) is 11.7 Å². The lowest BCUT2D eigenvalue weighted by molar-refractivity contribution is -0.385. The number of benzene rings is 1. The molecule has 6 nitrogen and oxygen atoms in total. The number of nitrogens with zero attached hydrogens (tertiary/aromatic N) is 2. The molecule has 0 bridgehead atoms. The van der Waals surface area contributed by atoms with Crippen LogP contribution < -0.4 is 15.4 Å². The predicted octanol–water partition coefficient (Wildman–Crippen LogP) is 1.39. The fourth-order valence-electron chi connectivity index (χ4n) is 2.30. The van der Waals surface area contributed by atoms with Gasteiger partial charge in [0, 0.05) is 19.1 Å². The average Bonchev–Trinajstić information content (AvgIpc) is 2.68. The molecule has 0 spiro atoms. The molecule has 98 valence electrons. The van der Waals surface area contributed by atoms with Gasteiger partial charge >= 0.3 is 5.69 Å². The molecule has 1 aromatic carbocycles. The number of anilines is 1. The van der Waals surface area contributed by atoms with E-state index in [1.807, 2.05) is 4.90 Å². The van der Waals surface area contributed by atoms with Crippen molar-refractivity contribution in [2.45, 2.75) is 13.0 Å². The first-order valence-electron chi connectivity index (χ1n) is 5.86. The first-order valence-corrected chi connectivity index (χ1v) is 5.86. The van der Waals surface area contributed by atoms with Crippen LogP contribution in [0.1, 0.15) is 6.92 Å². The minimum atomic E-state index is -0.400. The average molecular weight is 251 g/mol. The second-order valence-electron chi connectivity index (χ2n) is 4.63. The van der Waals surface area contributed by atoms with Crippen LogP contribution in [0, 0.1) is 16.0 Å². The summed E-state index contributed by atoms with van der Waals surface area (Å²) in [7, 11) is 1.43. The molecule has 0 aliphatic carbocycles. The number of nitro benzene ring substituents is 1. The van der Waals surface area contributed by atoms with E-state index in [0.717, 1.165) is 6.54 Å². The Balaban J connectivity index is 2.42. The number of nitro groups is 1. The topological polar surface area (TPSA) is 81.6 Å². The summed E-state index contributed by atoms with van der Waals surface area (Å²) in [5.74, 6) is 0.612. The molecular formula is C12H17N3O3. The Labute approximate surface area is 105 Å². The van der Waals surface area contributed by atoms with Crippen LogP contribution in [0.5, 0.6) is 5.75 Å². The molecule has 1 aliphatic heterocycles. The lowest BCUT2D eigenvalue weighted by Gasteiger charge is -2.18. The van der Waals surface area contributed by atoms with Crippen LogP contribution in [0.4, 0.5) is 11.4 Å². The summed E-state index contributed by atoms with van der Waals surface area (Å²) in [6.07, 6.45) is 0. The van der Waals surface area contributed by atoms with Crippen LogP contribution in [-0.2, 0) is 0 Å². The van der Waals surface area contributed by atoms with Gasteiger partial charge in [0.1, 0.15) is 5.69 Å². The van der Waals surface area contributed by atoms with Crippen LogP contribution in [0.25, 0.3) is 0 Å². The zero-order chi connectivity index (χ0) is 13.3. The molecule has 0 radical (unpaired) electrons. The third kappa shape index (κ3) is 2.11. The Hall–Kier alpha value is -1.82. The Morgan fingerprint density at radius 1 is 1.50 bits per heavy atom. The van der Waals surface area contributed by atoms with E-state index >= 15 is 0 Å². The lowest BCUT2D eigenvalue weighted by Crippen LogP contribution is -2.28. The largest absolute Gasteiger partial charge is 0.490 e. The highest BCUT2D eigenvalue weighted by Crippen LogP contribution is 2.38. The van der Waals surface area contributed by atoms with E-state index in [9.17, 15) is 10.1 Å². The van der Waals surface area contributed by atoms with Gasteiger partial charge in [-0.05, 0) is 18.1 Å². The van der Waals surface area contributed by atoms with Crippen LogP contribution in [0.15, 0.2) is 18.2 Å². The summed E-state index contributed by atoms with van der Waals surface area (Å²) in [5, 5.41) is 11.2. The quantitative estimate of drug-likeness (QED) is 0.648. The van der Waals surface area contributed by atoms with Crippen LogP contribution in [0.3, 0.4) is 0 Å². The Morgan fingerprint density at radius 2 is 2.22 bits per heavy atom. The van der Waals surface area contributed by atoms with E-state index < -0.39 is 4.92 Å². The molecule has 2 rings (SSSR count). The minimum absolute atomic E-state index is 0.0151. The monoisotopic (exact) mass is 251 g/mol. The number of ether oxygens (including phenoxy) is 1. The van der Waals surface area contributed by atoms with Gasteiger partial charge in [-0.25, -0.2) is 0 Å². The van der Waals surface area contributed by atoms with Gasteiger partial charge in [-0.2, -0.15) is 0 Å². The van der Waals surface area contributed by atoms with Crippen LogP contribution in [0.2, 0.25) is 0 Å². The van der Waals surface area contributed by atoms with E-state index in [1.54, 1.807) is 18.2 Å². The number of rotatable bonds is 3. The number of nitrogens with two attached hydrogens (primary N) is 1. The molecule has 2 N–H and O–H groups in total. The van der Waals surface area contributed by atoms with Crippen molar-refractivity contribution in [3.8, 4) is 5.75 Å².